The maximum Gasteiger partial charge on any atom is 0.408 e. The predicted molar refractivity (Wildman–Crippen MR) is 54.5 cm³/mol. The van der Waals surface area contributed by atoms with E-state index < -0.39 is 0 Å². The van der Waals surface area contributed by atoms with Crippen LogP contribution in [0.5, 0.6) is 0 Å². The van der Waals surface area contributed by atoms with Gasteiger partial charge in [0.05, 0.1) is 12.6 Å². The maximum absolute atomic E-state index is 11.1. The van der Waals surface area contributed by atoms with Crippen molar-refractivity contribution in [3.05, 3.63) is 35.9 Å². The molecule has 0 saturated carbocycles. The van der Waals surface area contributed by atoms with Crippen LogP contribution < -0.4 is 5.32 Å². The fourth-order valence-corrected chi connectivity index (χ4v) is 1.71. The highest BCUT2D eigenvalue weighted by Gasteiger charge is 2.34. The number of ether oxygens (including phenoxy) is 2. The Labute approximate surface area is 88.2 Å². The van der Waals surface area contributed by atoms with Crippen molar-refractivity contribution in [1.82, 2.24) is 5.32 Å². The summed E-state index contributed by atoms with van der Waals surface area (Å²) in [6.45, 7) is 0.401. The van der Waals surface area contributed by atoms with Crippen LogP contribution in [0, 0.1) is 0 Å². The number of benzene rings is 1. The molecule has 1 N–H and O–H groups in total. The normalized spacial score (nSPS) is 24.7. The van der Waals surface area contributed by atoms with Gasteiger partial charge in [-0.15, -0.1) is 0 Å². The molecule has 1 aliphatic heterocycles. The quantitative estimate of drug-likeness (QED) is 0.816. The van der Waals surface area contributed by atoms with Gasteiger partial charge in [0.2, 0.25) is 0 Å². The Morgan fingerprint density at radius 1 is 1.40 bits per heavy atom. The average molecular weight is 207 g/mol. The lowest BCUT2D eigenvalue weighted by atomic mass is 10.0. The van der Waals surface area contributed by atoms with E-state index in [-0.39, 0.29) is 18.2 Å². The lowest BCUT2D eigenvalue weighted by Crippen LogP contribution is -2.25. The summed E-state index contributed by atoms with van der Waals surface area (Å²) in [5.74, 6) is 0. The summed E-state index contributed by atoms with van der Waals surface area (Å²) >= 11 is 0. The number of methoxy groups -OCH3 is 1. The minimum Gasteiger partial charge on any atom is -0.441 e. The number of carbonyl (C=O) groups is 1. The van der Waals surface area contributed by atoms with E-state index in [0.717, 1.165) is 5.56 Å². The van der Waals surface area contributed by atoms with Gasteiger partial charge in [0.15, 0.2) is 6.10 Å². The number of carbonyl (C=O) groups excluding carboxylic acids is 1. The second-order valence-electron chi connectivity index (χ2n) is 3.43. The van der Waals surface area contributed by atoms with E-state index in [1.807, 2.05) is 30.3 Å². The molecule has 15 heavy (non-hydrogen) atoms. The molecule has 1 heterocycles. The molecule has 4 nitrogen and oxygen atoms in total. The third-order valence-electron chi connectivity index (χ3n) is 2.39. The van der Waals surface area contributed by atoms with E-state index in [4.69, 9.17) is 9.47 Å². The minimum atomic E-state index is -0.383. The van der Waals surface area contributed by atoms with Gasteiger partial charge in [-0.2, -0.15) is 0 Å². The van der Waals surface area contributed by atoms with E-state index in [0.29, 0.717) is 6.61 Å². The lowest BCUT2D eigenvalue weighted by molar-refractivity contribution is 0.0590. The first-order valence-corrected chi connectivity index (χ1v) is 4.82. The molecule has 1 amide bonds. The van der Waals surface area contributed by atoms with E-state index in [9.17, 15) is 4.79 Å². The first-order chi connectivity index (χ1) is 7.31. The molecule has 1 aromatic carbocycles. The SMILES string of the molecule is COCC1OC(=O)NC1c1ccccc1. The van der Waals surface area contributed by atoms with Crippen molar-refractivity contribution >= 4 is 6.09 Å². The molecule has 1 fully saturated rings. The highest BCUT2D eigenvalue weighted by molar-refractivity contribution is 5.70. The smallest absolute Gasteiger partial charge is 0.408 e. The van der Waals surface area contributed by atoms with Crippen LogP contribution in [0.3, 0.4) is 0 Å². The molecular weight excluding hydrogens is 194 g/mol. The zero-order valence-corrected chi connectivity index (χ0v) is 8.47. The molecule has 2 atom stereocenters. The Morgan fingerprint density at radius 2 is 2.13 bits per heavy atom. The van der Waals surface area contributed by atoms with E-state index in [1.54, 1.807) is 7.11 Å². The number of cyclic esters (lactones) is 1. The molecule has 80 valence electrons. The Bertz CT molecular complexity index is 339. The van der Waals surface area contributed by atoms with Crippen molar-refractivity contribution in [3.63, 3.8) is 0 Å². The van der Waals surface area contributed by atoms with Gasteiger partial charge >= 0.3 is 6.09 Å². The first-order valence-electron chi connectivity index (χ1n) is 4.82. The van der Waals surface area contributed by atoms with Gasteiger partial charge < -0.3 is 14.8 Å². The van der Waals surface area contributed by atoms with Gasteiger partial charge in [0.25, 0.3) is 0 Å². The fraction of sp³-hybridized carbons (Fsp3) is 0.364. The summed E-state index contributed by atoms with van der Waals surface area (Å²) in [7, 11) is 1.59. The average Bonchev–Trinajstić information content (AvgIpc) is 2.62. The van der Waals surface area contributed by atoms with Crippen LogP contribution in [0.1, 0.15) is 11.6 Å². The van der Waals surface area contributed by atoms with E-state index in [2.05, 4.69) is 5.32 Å². The van der Waals surface area contributed by atoms with Crippen LogP contribution in [0.15, 0.2) is 30.3 Å². The fourth-order valence-electron chi connectivity index (χ4n) is 1.71. The molecule has 0 aromatic heterocycles. The van der Waals surface area contributed by atoms with Gasteiger partial charge in [-0.3, -0.25) is 0 Å². The van der Waals surface area contributed by atoms with Crippen molar-refractivity contribution in [1.29, 1.82) is 0 Å². The molecule has 2 unspecified atom stereocenters. The molecule has 1 aliphatic rings. The zero-order chi connectivity index (χ0) is 10.7. The summed E-state index contributed by atoms with van der Waals surface area (Å²) in [6.07, 6.45) is -0.629. The van der Waals surface area contributed by atoms with Crippen molar-refractivity contribution < 1.29 is 14.3 Å². The summed E-state index contributed by atoms with van der Waals surface area (Å²) in [6, 6.07) is 9.61. The molecule has 0 radical (unpaired) electrons. The van der Waals surface area contributed by atoms with Crippen molar-refractivity contribution in [3.8, 4) is 0 Å². The van der Waals surface area contributed by atoms with E-state index >= 15 is 0 Å². The second kappa shape index (κ2) is 4.31. The van der Waals surface area contributed by atoms with Gasteiger partial charge in [0, 0.05) is 7.11 Å². The molecule has 0 spiro atoms. The summed E-state index contributed by atoms with van der Waals surface area (Å²) in [5, 5.41) is 2.76. The van der Waals surface area contributed by atoms with Gasteiger partial charge in [-0.1, -0.05) is 30.3 Å². The van der Waals surface area contributed by atoms with Crippen molar-refractivity contribution in [2.75, 3.05) is 13.7 Å². The van der Waals surface area contributed by atoms with Gasteiger partial charge in [-0.05, 0) is 5.56 Å². The summed E-state index contributed by atoms with van der Waals surface area (Å²) in [5.41, 5.74) is 1.03. The van der Waals surface area contributed by atoms with Crippen LogP contribution in [0.2, 0.25) is 0 Å². The Morgan fingerprint density at radius 3 is 2.80 bits per heavy atom. The van der Waals surface area contributed by atoms with Crippen LogP contribution >= 0.6 is 0 Å². The van der Waals surface area contributed by atoms with Crippen LogP contribution in [-0.2, 0) is 9.47 Å². The number of alkyl carbamates (subject to hydrolysis) is 1. The van der Waals surface area contributed by atoms with Gasteiger partial charge in [-0.25, -0.2) is 4.79 Å². The van der Waals surface area contributed by atoms with Crippen LogP contribution in [-0.4, -0.2) is 25.9 Å². The molecule has 1 saturated heterocycles. The van der Waals surface area contributed by atoms with Crippen LogP contribution in [0.25, 0.3) is 0 Å². The standard InChI is InChI=1S/C11H13NO3/c1-14-7-9-10(12-11(13)15-9)8-5-3-2-4-6-8/h2-6,9-10H,7H2,1H3,(H,12,13). The maximum atomic E-state index is 11.1. The molecule has 2 rings (SSSR count). The molecule has 1 aromatic rings. The topological polar surface area (TPSA) is 47.6 Å². The number of hydrogen-bond donors (Lipinski definition) is 1. The zero-order valence-electron chi connectivity index (χ0n) is 8.47. The lowest BCUT2D eigenvalue weighted by Gasteiger charge is -2.15. The molecule has 0 aliphatic carbocycles. The molecule has 0 bridgehead atoms. The number of rotatable bonds is 3. The monoisotopic (exact) mass is 207 g/mol. The Hall–Kier alpha value is -1.55. The number of amides is 1. The predicted octanol–water partition coefficient (Wildman–Crippen LogP) is 1.48. The summed E-state index contributed by atoms with van der Waals surface area (Å²) in [4.78, 5) is 11.1. The Balaban J connectivity index is 2.17. The highest BCUT2D eigenvalue weighted by atomic mass is 16.6. The van der Waals surface area contributed by atoms with Crippen LogP contribution in [0.4, 0.5) is 4.79 Å². The third kappa shape index (κ3) is 2.10. The van der Waals surface area contributed by atoms with Crippen molar-refractivity contribution in [2.45, 2.75) is 12.1 Å². The van der Waals surface area contributed by atoms with Crippen molar-refractivity contribution in [2.24, 2.45) is 0 Å². The summed E-state index contributed by atoms with van der Waals surface area (Å²) < 4.78 is 10.1. The van der Waals surface area contributed by atoms with Gasteiger partial charge in [0.1, 0.15) is 0 Å². The molecular formula is C11H13NO3. The molecule has 4 heteroatoms. The first kappa shape index (κ1) is 9.98. The highest BCUT2D eigenvalue weighted by Crippen LogP contribution is 2.24. The minimum absolute atomic E-state index is 0.112. The van der Waals surface area contributed by atoms with E-state index in [1.165, 1.54) is 0 Å². The Kier molecular flexibility index (Phi) is 2.87. The third-order valence-corrected chi connectivity index (χ3v) is 2.39. The number of nitrogens with one attached hydrogen (secondary N) is 1. The largest absolute Gasteiger partial charge is 0.441 e. The second-order valence-corrected chi connectivity index (χ2v) is 3.43. The number of hydrogen-bond acceptors (Lipinski definition) is 3.